The molecule has 0 aliphatic rings. The molecule has 0 aliphatic heterocycles. The molecule has 0 aromatic heterocycles. The third-order valence-corrected chi connectivity index (χ3v) is 3.96. The zero-order valence-electron chi connectivity index (χ0n) is 12.8. The van der Waals surface area contributed by atoms with E-state index >= 15 is 0 Å². The summed E-state index contributed by atoms with van der Waals surface area (Å²) in [6.45, 7) is 14.1. The van der Waals surface area contributed by atoms with Crippen LogP contribution in [-0.2, 0) is 0 Å². The summed E-state index contributed by atoms with van der Waals surface area (Å²) in [4.78, 5) is 2.39. The Bertz CT molecular complexity index is 217. The SMILES string of the molecule is C=C(C)CC(NCCC)C(CC)(CC)N(C)C. The second kappa shape index (κ2) is 7.88. The fourth-order valence-corrected chi connectivity index (χ4v) is 2.81. The Labute approximate surface area is 108 Å². The highest BCUT2D eigenvalue weighted by atomic mass is 15.2. The van der Waals surface area contributed by atoms with Crippen LogP contribution in [0.4, 0.5) is 0 Å². The summed E-state index contributed by atoms with van der Waals surface area (Å²) in [5, 5.41) is 3.72. The zero-order chi connectivity index (χ0) is 13.5. The molecule has 0 fully saturated rings. The molecule has 1 unspecified atom stereocenters. The summed E-state index contributed by atoms with van der Waals surface area (Å²) in [6.07, 6.45) is 4.60. The van der Waals surface area contributed by atoms with Crippen molar-refractivity contribution in [1.29, 1.82) is 0 Å². The average molecular weight is 240 g/mol. The number of rotatable bonds is 9. The van der Waals surface area contributed by atoms with Crippen LogP contribution in [0.25, 0.3) is 0 Å². The van der Waals surface area contributed by atoms with Gasteiger partial charge in [0.2, 0.25) is 0 Å². The lowest BCUT2D eigenvalue weighted by atomic mass is 9.80. The van der Waals surface area contributed by atoms with Gasteiger partial charge in [0.15, 0.2) is 0 Å². The lowest BCUT2D eigenvalue weighted by molar-refractivity contribution is 0.0882. The van der Waals surface area contributed by atoms with E-state index in [-0.39, 0.29) is 5.54 Å². The monoisotopic (exact) mass is 240 g/mol. The Hall–Kier alpha value is -0.340. The van der Waals surface area contributed by atoms with Crippen molar-refractivity contribution in [2.45, 2.75) is 65.0 Å². The van der Waals surface area contributed by atoms with Gasteiger partial charge < -0.3 is 10.2 Å². The lowest BCUT2D eigenvalue weighted by Gasteiger charge is -2.46. The molecular formula is C15H32N2. The molecule has 0 rings (SSSR count). The van der Waals surface area contributed by atoms with Crippen LogP contribution < -0.4 is 5.32 Å². The minimum Gasteiger partial charge on any atom is -0.312 e. The van der Waals surface area contributed by atoms with E-state index < -0.39 is 0 Å². The number of hydrogen-bond donors (Lipinski definition) is 1. The van der Waals surface area contributed by atoms with Crippen molar-refractivity contribution in [3.05, 3.63) is 12.2 Å². The second-order valence-corrected chi connectivity index (χ2v) is 5.37. The van der Waals surface area contributed by atoms with Crippen molar-refractivity contribution in [2.75, 3.05) is 20.6 Å². The normalized spacial score (nSPS) is 14.1. The van der Waals surface area contributed by atoms with Crippen LogP contribution in [0.5, 0.6) is 0 Å². The molecule has 0 radical (unpaired) electrons. The van der Waals surface area contributed by atoms with Gasteiger partial charge in [-0.05, 0) is 53.2 Å². The molecule has 0 spiro atoms. The van der Waals surface area contributed by atoms with Gasteiger partial charge in [0.25, 0.3) is 0 Å². The van der Waals surface area contributed by atoms with E-state index in [9.17, 15) is 0 Å². The Kier molecular flexibility index (Phi) is 7.73. The molecule has 0 saturated carbocycles. The minimum atomic E-state index is 0.244. The molecule has 0 amide bonds. The summed E-state index contributed by atoms with van der Waals surface area (Å²) in [5.74, 6) is 0. The highest BCUT2D eigenvalue weighted by Crippen LogP contribution is 2.29. The van der Waals surface area contributed by atoms with E-state index in [0.29, 0.717) is 6.04 Å². The van der Waals surface area contributed by atoms with Gasteiger partial charge >= 0.3 is 0 Å². The first-order valence-electron chi connectivity index (χ1n) is 6.99. The first-order valence-corrected chi connectivity index (χ1v) is 6.99. The van der Waals surface area contributed by atoms with Gasteiger partial charge in [0.05, 0.1) is 0 Å². The van der Waals surface area contributed by atoms with Crippen molar-refractivity contribution in [3.8, 4) is 0 Å². The van der Waals surface area contributed by atoms with Crippen LogP contribution >= 0.6 is 0 Å². The fourth-order valence-electron chi connectivity index (χ4n) is 2.81. The van der Waals surface area contributed by atoms with Crippen LogP contribution in [0, 0.1) is 0 Å². The largest absolute Gasteiger partial charge is 0.312 e. The summed E-state index contributed by atoms with van der Waals surface area (Å²) >= 11 is 0. The maximum absolute atomic E-state index is 4.09. The summed E-state index contributed by atoms with van der Waals surface area (Å²) in [6, 6.07) is 0.505. The molecule has 0 aromatic rings. The van der Waals surface area contributed by atoms with Gasteiger partial charge in [-0.3, -0.25) is 0 Å². The van der Waals surface area contributed by atoms with Crippen molar-refractivity contribution in [2.24, 2.45) is 0 Å². The molecule has 2 heteroatoms. The number of nitrogens with zero attached hydrogens (tertiary/aromatic N) is 1. The van der Waals surface area contributed by atoms with Gasteiger partial charge in [-0.2, -0.15) is 0 Å². The van der Waals surface area contributed by atoms with Crippen molar-refractivity contribution in [1.82, 2.24) is 10.2 Å². The predicted molar refractivity (Wildman–Crippen MR) is 78.5 cm³/mol. The maximum atomic E-state index is 4.09. The van der Waals surface area contributed by atoms with Gasteiger partial charge in [-0.25, -0.2) is 0 Å². The zero-order valence-corrected chi connectivity index (χ0v) is 12.8. The molecule has 1 atom stereocenters. The number of likely N-dealkylation sites (N-methyl/N-ethyl adjacent to an activating group) is 1. The van der Waals surface area contributed by atoms with Gasteiger partial charge in [0, 0.05) is 11.6 Å². The van der Waals surface area contributed by atoms with Crippen LogP contribution in [0.3, 0.4) is 0 Å². The molecule has 0 bridgehead atoms. The minimum absolute atomic E-state index is 0.244. The van der Waals surface area contributed by atoms with Crippen molar-refractivity contribution >= 4 is 0 Å². The van der Waals surface area contributed by atoms with Crippen LogP contribution in [0.2, 0.25) is 0 Å². The summed E-state index contributed by atoms with van der Waals surface area (Å²) < 4.78 is 0. The molecule has 0 aliphatic carbocycles. The summed E-state index contributed by atoms with van der Waals surface area (Å²) in [7, 11) is 4.40. The third-order valence-electron chi connectivity index (χ3n) is 3.96. The quantitative estimate of drug-likeness (QED) is 0.621. The average Bonchev–Trinajstić information content (AvgIpc) is 2.26. The highest BCUT2D eigenvalue weighted by molar-refractivity contribution is 5.04. The predicted octanol–water partition coefficient (Wildman–Crippen LogP) is 3.44. The smallest absolute Gasteiger partial charge is 0.0354 e. The summed E-state index contributed by atoms with van der Waals surface area (Å²) in [5.41, 5.74) is 1.51. The topological polar surface area (TPSA) is 15.3 Å². The maximum Gasteiger partial charge on any atom is 0.0354 e. The van der Waals surface area contributed by atoms with E-state index in [1.807, 2.05) is 0 Å². The Balaban J connectivity index is 4.97. The third kappa shape index (κ3) is 4.44. The molecule has 0 aromatic carbocycles. The standard InChI is InChI=1S/C15H32N2/c1-8-11-16-14(12-13(4)5)15(9-2,10-3)17(6)7/h14,16H,4,8-12H2,1-3,5-7H3. The number of nitrogens with one attached hydrogen (secondary N) is 1. The molecule has 17 heavy (non-hydrogen) atoms. The Morgan fingerprint density at radius 3 is 2.06 bits per heavy atom. The van der Waals surface area contributed by atoms with E-state index in [2.05, 4.69) is 58.6 Å². The molecular weight excluding hydrogens is 208 g/mol. The Morgan fingerprint density at radius 1 is 1.24 bits per heavy atom. The Morgan fingerprint density at radius 2 is 1.76 bits per heavy atom. The van der Waals surface area contributed by atoms with Gasteiger partial charge in [0.1, 0.15) is 0 Å². The molecule has 102 valence electrons. The van der Waals surface area contributed by atoms with Gasteiger partial charge in [-0.15, -0.1) is 6.58 Å². The van der Waals surface area contributed by atoms with Crippen molar-refractivity contribution in [3.63, 3.8) is 0 Å². The second-order valence-electron chi connectivity index (χ2n) is 5.37. The first-order chi connectivity index (χ1) is 7.94. The fraction of sp³-hybridized carbons (Fsp3) is 0.867. The van der Waals surface area contributed by atoms with Crippen LogP contribution in [0.15, 0.2) is 12.2 Å². The molecule has 2 nitrogen and oxygen atoms in total. The van der Waals surface area contributed by atoms with E-state index in [4.69, 9.17) is 0 Å². The lowest BCUT2D eigenvalue weighted by Crippen LogP contribution is -2.58. The van der Waals surface area contributed by atoms with Gasteiger partial charge in [-0.1, -0.05) is 26.3 Å². The van der Waals surface area contributed by atoms with Crippen LogP contribution in [-0.4, -0.2) is 37.1 Å². The highest BCUT2D eigenvalue weighted by Gasteiger charge is 2.37. The van der Waals surface area contributed by atoms with Crippen LogP contribution in [0.1, 0.15) is 53.4 Å². The molecule has 1 N–H and O–H groups in total. The molecule has 0 saturated heterocycles. The number of hydrogen-bond acceptors (Lipinski definition) is 2. The van der Waals surface area contributed by atoms with E-state index in [1.54, 1.807) is 0 Å². The molecule has 0 heterocycles. The van der Waals surface area contributed by atoms with Crippen molar-refractivity contribution < 1.29 is 0 Å². The van der Waals surface area contributed by atoms with E-state index in [0.717, 1.165) is 13.0 Å². The first kappa shape index (κ1) is 16.7. The van der Waals surface area contributed by atoms with E-state index in [1.165, 1.54) is 24.8 Å².